The molecule has 4 aromatic rings. The van der Waals surface area contributed by atoms with Crippen molar-refractivity contribution in [3.05, 3.63) is 108 Å². The second kappa shape index (κ2) is 6.78. The number of anilines is 1. The van der Waals surface area contributed by atoms with E-state index in [0.29, 0.717) is 6.42 Å². The minimum Gasteiger partial charge on any atom is -0.497 e. The van der Waals surface area contributed by atoms with Crippen molar-refractivity contribution in [1.29, 1.82) is 0 Å². The largest absolute Gasteiger partial charge is 0.497 e. The molecule has 1 atom stereocenters. The van der Waals surface area contributed by atoms with Gasteiger partial charge in [0.1, 0.15) is 11.2 Å². The molecule has 0 unspecified atom stereocenters. The molecule has 1 amide bonds. The third kappa shape index (κ3) is 2.70. The first-order valence-electron chi connectivity index (χ1n) is 9.74. The Morgan fingerprint density at radius 3 is 2.38 bits per heavy atom. The lowest BCUT2D eigenvalue weighted by atomic mass is 9.70. The summed E-state index contributed by atoms with van der Waals surface area (Å²) in [7, 11) is 1.65. The highest BCUT2D eigenvalue weighted by Gasteiger charge is 2.48. The van der Waals surface area contributed by atoms with Crippen molar-refractivity contribution in [1.82, 2.24) is 0 Å². The number of amides is 1. The molecule has 0 saturated heterocycles. The van der Waals surface area contributed by atoms with Gasteiger partial charge in [-0.3, -0.25) is 4.79 Å². The zero-order chi connectivity index (χ0) is 19.8. The van der Waals surface area contributed by atoms with Crippen molar-refractivity contribution in [2.24, 2.45) is 0 Å². The summed E-state index contributed by atoms with van der Waals surface area (Å²) in [5.74, 6) is 0.789. The summed E-state index contributed by atoms with van der Waals surface area (Å²) in [6.07, 6.45) is 0.587. The average Bonchev–Trinajstić information content (AvgIpc) is 3.06. The van der Waals surface area contributed by atoms with Crippen LogP contribution in [0.2, 0.25) is 0 Å². The topological polar surface area (TPSA) is 38.3 Å². The van der Waals surface area contributed by atoms with E-state index < -0.39 is 5.41 Å². The van der Waals surface area contributed by atoms with E-state index in [-0.39, 0.29) is 5.91 Å². The SMILES string of the molecule is COc1ccc([C@]2(Cc3cccc4ccccc34)C(=O)Nc3ccccc32)cc1. The molecule has 0 spiro atoms. The third-order valence-electron chi connectivity index (χ3n) is 5.94. The summed E-state index contributed by atoms with van der Waals surface area (Å²) in [4.78, 5) is 13.5. The lowest BCUT2D eigenvalue weighted by Crippen LogP contribution is -2.38. The summed E-state index contributed by atoms with van der Waals surface area (Å²) in [6.45, 7) is 0. The van der Waals surface area contributed by atoms with E-state index in [2.05, 4.69) is 47.8 Å². The Bertz CT molecular complexity index is 1210. The monoisotopic (exact) mass is 379 g/mol. The maximum Gasteiger partial charge on any atom is 0.239 e. The fourth-order valence-electron chi connectivity index (χ4n) is 4.49. The van der Waals surface area contributed by atoms with E-state index >= 15 is 0 Å². The fraction of sp³-hybridized carbons (Fsp3) is 0.115. The highest BCUT2D eigenvalue weighted by molar-refractivity contribution is 6.09. The molecule has 0 bridgehead atoms. The summed E-state index contributed by atoms with van der Waals surface area (Å²) in [6, 6.07) is 30.5. The smallest absolute Gasteiger partial charge is 0.239 e. The predicted octanol–water partition coefficient (Wildman–Crippen LogP) is 5.33. The maximum absolute atomic E-state index is 13.5. The summed E-state index contributed by atoms with van der Waals surface area (Å²) >= 11 is 0. The predicted molar refractivity (Wildman–Crippen MR) is 116 cm³/mol. The number of ether oxygens (including phenoxy) is 1. The Balaban J connectivity index is 1.74. The van der Waals surface area contributed by atoms with E-state index in [9.17, 15) is 4.79 Å². The molecule has 3 heteroatoms. The van der Waals surface area contributed by atoms with Gasteiger partial charge in [0, 0.05) is 5.69 Å². The number of carbonyl (C=O) groups is 1. The summed E-state index contributed by atoms with van der Waals surface area (Å²) in [5.41, 5.74) is 3.24. The van der Waals surface area contributed by atoms with Crippen LogP contribution in [0.1, 0.15) is 16.7 Å². The molecular weight excluding hydrogens is 358 g/mol. The van der Waals surface area contributed by atoms with Crippen molar-refractivity contribution in [2.75, 3.05) is 12.4 Å². The number of hydrogen-bond acceptors (Lipinski definition) is 2. The number of para-hydroxylation sites is 1. The minimum absolute atomic E-state index is 0.0109. The molecule has 0 saturated carbocycles. The van der Waals surface area contributed by atoms with Crippen LogP contribution in [0.5, 0.6) is 5.75 Å². The summed E-state index contributed by atoms with van der Waals surface area (Å²) < 4.78 is 5.34. The molecule has 3 nitrogen and oxygen atoms in total. The van der Waals surface area contributed by atoms with Crippen LogP contribution in [0.3, 0.4) is 0 Å². The van der Waals surface area contributed by atoms with Gasteiger partial charge in [-0.1, -0.05) is 72.8 Å². The van der Waals surface area contributed by atoms with Gasteiger partial charge in [0.05, 0.1) is 7.11 Å². The lowest BCUT2D eigenvalue weighted by Gasteiger charge is -2.29. The molecule has 1 heterocycles. The van der Waals surface area contributed by atoms with E-state index in [4.69, 9.17) is 4.74 Å². The number of benzene rings is 4. The van der Waals surface area contributed by atoms with Crippen molar-refractivity contribution >= 4 is 22.4 Å². The first-order chi connectivity index (χ1) is 14.2. The zero-order valence-corrected chi connectivity index (χ0v) is 16.2. The maximum atomic E-state index is 13.5. The van der Waals surface area contributed by atoms with Gasteiger partial charge in [-0.25, -0.2) is 0 Å². The number of nitrogens with one attached hydrogen (secondary N) is 1. The number of rotatable bonds is 4. The molecule has 0 fully saturated rings. The number of fused-ring (bicyclic) bond motifs is 2. The van der Waals surface area contributed by atoms with E-state index in [0.717, 1.165) is 28.1 Å². The Kier molecular flexibility index (Phi) is 4.09. The number of methoxy groups -OCH3 is 1. The molecule has 142 valence electrons. The molecule has 29 heavy (non-hydrogen) atoms. The van der Waals surface area contributed by atoms with Gasteiger partial charge in [0.25, 0.3) is 0 Å². The summed E-state index contributed by atoms with van der Waals surface area (Å²) in [5, 5.41) is 5.48. The van der Waals surface area contributed by atoms with E-state index in [1.807, 2.05) is 48.5 Å². The first kappa shape index (κ1) is 17.5. The molecular formula is C26H21NO2. The van der Waals surface area contributed by atoms with E-state index in [1.54, 1.807) is 7.11 Å². The normalized spacial score (nSPS) is 17.8. The molecule has 0 radical (unpaired) electrons. The minimum atomic E-state index is -0.785. The molecule has 5 rings (SSSR count). The molecule has 0 aromatic heterocycles. The molecule has 1 N–H and O–H groups in total. The Labute approximate surface area is 170 Å². The van der Waals surface area contributed by atoms with Crippen LogP contribution in [0.15, 0.2) is 91.0 Å². The lowest BCUT2D eigenvalue weighted by molar-refractivity contribution is -0.119. The van der Waals surface area contributed by atoms with Crippen LogP contribution in [0.4, 0.5) is 5.69 Å². The third-order valence-corrected chi connectivity index (χ3v) is 5.94. The highest BCUT2D eigenvalue weighted by atomic mass is 16.5. The van der Waals surface area contributed by atoms with Crippen molar-refractivity contribution < 1.29 is 9.53 Å². The van der Waals surface area contributed by atoms with Gasteiger partial charge in [-0.15, -0.1) is 0 Å². The standard InChI is InChI=1S/C26H21NO2/c1-29-21-15-13-20(14-16-21)26(23-11-4-5-12-24(23)27-25(26)28)17-19-9-6-8-18-7-2-3-10-22(18)19/h2-16H,17H2,1H3,(H,27,28)/t26-/m0/s1. The molecule has 1 aliphatic heterocycles. The molecule has 4 aromatic carbocycles. The van der Waals surface area contributed by atoms with E-state index in [1.165, 1.54) is 10.8 Å². The Hall–Kier alpha value is -3.59. The van der Waals surface area contributed by atoms with Crippen LogP contribution in [-0.2, 0) is 16.6 Å². The number of carbonyl (C=O) groups excluding carboxylic acids is 1. The Morgan fingerprint density at radius 1 is 0.828 bits per heavy atom. The second-order valence-corrected chi connectivity index (χ2v) is 7.45. The first-order valence-corrected chi connectivity index (χ1v) is 9.74. The second-order valence-electron chi connectivity index (χ2n) is 7.45. The molecule has 1 aliphatic rings. The van der Waals surface area contributed by atoms with Crippen LogP contribution in [-0.4, -0.2) is 13.0 Å². The van der Waals surface area contributed by atoms with Crippen LogP contribution >= 0.6 is 0 Å². The highest BCUT2D eigenvalue weighted by Crippen LogP contribution is 2.46. The van der Waals surface area contributed by atoms with Crippen molar-refractivity contribution in [3.63, 3.8) is 0 Å². The van der Waals surface area contributed by atoms with Gasteiger partial charge in [0.2, 0.25) is 5.91 Å². The van der Waals surface area contributed by atoms with Crippen LogP contribution in [0, 0.1) is 0 Å². The fourth-order valence-corrected chi connectivity index (χ4v) is 4.49. The van der Waals surface area contributed by atoms with Gasteiger partial charge >= 0.3 is 0 Å². The zero-order valence-electron chi connectivity index (χ0n) is 16.2. The van der Waals surface area contributed by atoms with Crippen LogP contribution in [0.25, 0.3) is 10.8 Å². The number of hydrogen-bond donors (Lipinski definition) is 1. The van der Waals surface area contributed by atoms with Gasteiger partial charge in [-0.05, 0) is 52.1 Å². The Morgan fingerprint density at radius 2 is 1.55 bits per heavy atom. The van der Waals surface area contributed by atoms with Gasteiger partial charge < -0.3 is 10.1 Å². The average molecular weight is 379 g/mol. The van der Waals surface area contributed by atoms with Crippen molar-refractivity contribution in [3.8, 4) is 5.75 Å². The van der Waals surface area contributed by atoms with Gasteiger partial charge in [0.15, 0.2) is 0 Å². The quantitative estimate of drug-likeness (QED) is 0.520. The van der Waals surface area contributed by atoms with Gasteiger partial charge in [-0.2, -0.15) is 0 Å². The van der Waals surface area contributed by atoms with Crippen LogP contribution < -0.4 is 10.1 Å². The molecule has 0 aliphatic carbocycles. The van der Waals surface area contributed by atoms with Crippen molar-refractivity contribution in [2.45, 2.75) is 11.8 Å².